The number of aromatic nitrogens is 1. The molecule has 2 aliphatic rings. The minimum atomic E-state index is -0.748. The van der Waals surface area contributed by atoms with Crippen LogP contribution in [0, 0.1) is 0 Å². The molecular formula is C24H29N3O3. The van der Waals surface area contributed by atoms with Crippen molar-refractivity contribution in [2.24, 2.45) is 0 Å². The molecule has 30 heavy (non-hydrogen) atoms. The van der Waals surface area contributed by atoms with E-state index in [0.717, 1.165) is 25.0 Å². The van der Waals surface area contributed by atoms with Gasteiger partial charge in [-0.3, -0.25) is 14.6 Å². The molecule has 0 radical (unpaired) electrons. The van der Waals surface area contributed by atoms with E-state index in [1.54, 1.807) is 12.3 Å². The van der Waals surface area contributed by atoms with Gasteiger partial charge >= 0.3 is 0 Å². The lowest BCUT2D eigenvalue weighted by Crippen LogP contribution is -2.61. The number of likely N-dealkylation sites (tertiary alicyclic amines) is 2. The summed E-state index contributed by atoms with van der Waals surface area (Å²) in [6.07, 6.45) is 5.78. The van der Waals surface area contributed by atoms with Gasteiger partial charge in [-0.05, 0) is 56.4 Å². The number of para-hydroxylation sites is 1. The van der Waals surface area contributed by atoms with Crippen molar-refractivity contribution in [2.45, 2.75) is 51.1 Å². The Labute approximate surface area is 177 Å². The third kappa shape index (κ3) is 3.78. The molecule has 0 aliphatic carbocycles. The number of carbonyl (C=O) groups excluding carboxylic acids is 2. The molecular weight excluding hydrogens is 378 g/mol. The molecule has 0 bridgehead atoms. The van der Waals surface area contributed by atoms with Gasteiger partial charge in [-0.2, -0.15) is 0 Å². The van der Waals surface area contributed by atoms with E-state index >= 15 is 0 Å². The molecule has 3 heterocycles. The normalized spacial score (nSPS) is 21.3. The van der Waals surface area contributed by atoms with Crippen LogP contribution in [-0.2, 0) is 11.3 Å². The maximum atomic E-state index is 13.6. The second kappa shape index (κ2) is 8.86. The summed E-state index contributed by atoms with van der Waals surface area (Å²) in [5.74, 6) is 0.546. The number of pyridine rings is 1. The Kier molecular flexibility index (Phi) is 6.02. The van der Waals surface area contributed by atoms with E-state index in [1.807, 2.05) is 53.1 Å². The molecule has 1 unspecified atom stereocenters. The molecule has 1 atom stereocenters. The molecule has 2 amide bonds. The molecule has 158 valence electrons. The Morgan fingerprint density at radius 2 is 1.87 bits per heavy atom. The third-order valence-corrected chi connectivity index (χ3v) is 6.10. The minimum absolute atomic E-state index is 0.0530. The molecule has 4 rings (SSSR count). The lowest BCUT2D eigenvalue weighted by Gasteiger charge is -2.44. The maximum absolute atomic E-state index is 13.6. The van der Waals surface area contributed by atoms with Gasteiger partial charge in [0.1, 0.15) is 11.3 Å². The molecule has 2 saturated heterocycles. The molecule has 6 heteroatoms. The zero-order valence-corrected chi connectivity index (χ0v) is 17.5. The lowest BCUT2D eigenvalue weighted by molar-refractivity contribution is -0.146. The second-order valence-electron chi connectivity index (χ2n) is 8.09. The quantitative estimate of drug-likeness (QED) is 0.733. The van der Waals surface area contributed by atoms with E-state index in [0.29, 0.717) is 50.4 Å². The summed E-state index contributed by atoms with van der Waals surface area (Å²) >= 11 is 0. The van der Waals surface area contributed by atoms with Gasteiger partial charge in [0.25, 0.3) is 5.91 Å². The second-order valence-corrected chi connectivity index (χ2v) is 8.09. The Hall–Kier alpha value is -2.89. The SMILES string of the molecule is CCCOc1ccccc1C(=O)N1CCCC12CCCN(Cc1ccccn1)C2=O. The van der Waals surface area contributed by atoms with Crippen molar-refractivity contribution in [1.82, 2.24) is 14.8 Å². The summed E-state index contributed by atoms with van der Waals surface area (Å²) in [5.41, 5.74) is 0.668. The molecule has 6 nitrogen and oxygen atoms in total. The van der Waals surface area contributed by atoms with Crippen LogP contribution in [0.15, 0.2) is 48.7 Å². The molecule has 2 aromatic rings. The van der Waals surface area contributed by atoms with Crippen molar-refractivity contribution in [1.29, 1.82) is 0 Å². The fourth-order valence-corrected chi connectivity index (χ4v) is 4.69. The van der Waals surface area contributed by atoms with Gasteiger partial charge in [0.05, 0.1) is 24.4 Å². The first-order chi connectivity index (χ1) is 14.7. The van der Waals surface area contributed by atoms with Crippen LogP contribution in [0.2, 0.25) is 0 Å². The first-order valence-electron chi connectivity index (χ1n) is 10.9. The lowest BCUT2D eigenvalue weighted by atomic mass is 9.85. The molecule has 2 aliphatic heterocycles. The highest BCUT2D eigenvalue weighted by Crippen LogP contribution is 2.40. The molecule has 1 aromatic heterocycles. The van der Waals surface area contributed by atoms with Gasteiger partial charge in [-0.15, -0.1) is 0 Å². The van der Waals surface area contributed by atoms with Gasteiger partial charge in [0, 0.05) is 19.3 Å². The summed E-state index contributed by atoms with van der Waals surface area (Å²) in [6.45, 7) is 4.39. The van der Waals surface area contributed by atoms with E-state index in [2.05, 4.69) is 4.98 Å². The van der Waals surface area contributed by atoms with Crippen molar-refractivity contribution in [3.05, 3.63) is 59.9 Å². The minimum Gasteiger partial charge on any atom is -0.493 e. The monoisotopic (exact) mass is 407 g/mol. The summed E-state index contributed by atoms with van der Waals surface area (Å²) in [5, 5.41) is 0. The zero-order chi connectivity index (χ0) is 21.0. The van der Waals surface area contributed by atoms with E-state index in [9.17, 15) is 9.59 Å². The van der Waals surface area contributed by atoms with Crippen molar-refractivity contribution in [3.63, 3.8) is 0 Å². The highest BCUT2D eigenvalue weighted by atomic mass is 16.5. The van der Waals surface area contributed by atoms with Crippen LogP contribution in [0.5, 0.6) is 5.75 Å². The Morgan fingerprint density at radius 1 is 1.10 bits per heavy atom. The van der Waals surface area contributed by atoms with Crippen molar-refractivity contribution in [2.75, 3.05) is 19.7 Å². The molecule has 2 fully saturated rings. The molecule has 1 aromatic carbocycles. The number of nitrogens with zero attached hydrogens (tertiary/aromatic N) is 3. The van der Waals surface area contributed by atoms with Gasteiger partial charge < -0.3 is 14.5 Å². The highest BCUT2D eigenvalue weighted by Gasteiger charge is 2.53. The summed E-state index contributed by atoms with van der Waals surface area (Å²) in [6, 6.07) is 13.1. The Balaban J connectivity index is 1.59. The van der Waals surface area contributed by atoms with Crippen molar-refractivity contribution >= 4 is 11.8 Å². The van der Waals surface area contributed by atoms with Gasteiger partial charge in [0.15, 0.2) is 0 Å². The Morgan fingerprint density at radius 3 is 2.63 bits per heavy atom. The first kappa shape index (κ1) is 20.4. The number of benzene rings is 1. The number of hydrogen-bond donors (Lipinski definition) is 0. The van der Waals surface area contributed by atoms with Crippen LogP contribution in [0.4, 0.5) is 0 Å². The van der Waals surface area contributed by atoms with E-state index in [-0.39, 0.29) is 11.8 Å². The first-order valence-corrected chi connectivity index (χ1v) is 10.9. The van der Waals surface area contributed by atoms with Crippen molar-refractivity contribution < 1.29 is 14.3 Å². The van der Waals surface area contributed by atoms with Crippen LogP contribution in [0.1, 0.15) is 55.1 Å². The standard InChI is InChI=1S/C24H29N3O3/c1-2-17-30-21-11-4-3-10-20(21)22(28)27-16-8-13-24(27)12-7-15-26(23(24)29)18-19-9-5-6-14-25-19/h3-6,9-11,14H,2,7-8,12-13,15-18H2,1H3. The summed E-state index contributed by atoms with van der Waals surface area (Å²) < 4.78 is 5.82. The third-order valence-electron chi connectivity index (χ3n) is 6.10. The number of rotatable bonds is 6. The van der Waals surface area contributed by atoms with Crippen molar-refractivity contribution in [3.8, 4) is 5.75 Å². The largest absolute Gasteiger partial charge is 0.493 e. The summed E-state index contributed by atoms with van der Waals surface area (Å²) in [7, 11) is 0. The van der Waals surface area contributed by atoms with Crippen LogP contribution < -0.4 is 4.74 Å². The topological polar surface area (TPSA) is 62.7 Å². The fraction of sp³-hybridized carbons (Fsp3) is 0.458. The maximum Gasteiger partial charge on any atom is 0.258 e. The predicted molar refractivity (Wildman–Crippen MR) is 114 cm³/mol. The molecule has 1 spiro atoms. The number of ether oxygens (including phenoxy) is 1. The van der Waals surface area contributed by atoms with E-state index in [1.165, 1.54) is 0 Å². The smallest absolute Gasteiger partial charge is 0.258 e. The average Bonchev–Trinajstić information content (AvgIpc) is 3.20. The average molecular weight is 408 g/mol. The van der Waals surface area contributed by atoms with Crippen LogP contribution in [-0.4, -0.2) is 51.8 Å². The van der Waals surface area contributed by atoms with Gasteiger partial charge in [-0.25, -0.2) is 0 Å². The fourth-order valence-electron chi connectivity index (χ4n) is 4.69. The number of hydrogen-bond acceptors (Lipinski definition) is 4. The Bertz CT molecular complexity index is 902. The number of amides is 2. The predicted octanol–water partition coefficient (Wildman–Crippen LogP) is 3.67. The zero-order valence-electron chi connectivity index (χ0n) is 17.5. The van der Waals surface area contributed by atoms with Crippen LogP contribution in [0.25, 0.3) is 0 Å². The van der Waals surface area contributed by atoms with Gasteiger partial charge in [0.2, 0.25) is 5.91 Å². The molecule has 0 saturated carbocycles. The number of carbonyl (C=O) groups is 2. The summed E-state index contributed by atoms with van der Waals surface area (Å²) in [4.78, 5) is 35.3. The highest BCUT2D eigenvalue weighted by molar-refractivity contribution is 6.01. The van der Waals surface area contributed by atoms with E-state index < -0.39 is 5.54 Å². The molecule has 0 N–H and O–H groups in total. The van der Waals surface area contributed by atoms with Gasteiger partial charge in [-0.1, -0.05) is 25.1 Å². The van der Waals surface area contributed by atoms with E-state index in [4.69, 9.17) is 4.74 Å². The number of piperidine rings is 1. The van der Waals surface area contributed by atoms with Crippen LogP contribution in [0.3, 0.4) is 0 Å². The van der Waals surface area contributed by atoms with Crippen LogP contribution >= 0.6 is 0 Å².